The van der Waals surface area contributed by atoms with Crippen molar-refractivity contribution in [3.8, 4) is 5.75 Å². The molecule has 5 nitrogen and oxygen atoms in total. The Kier molecular flexibility index (Phi) is 6.37. The van der Waals surface area contributed by atoms with Crippen molar-refractivity contribution in [2.24, 2.45) is 17.8 Å². The van der Waals surface area contributed by atoms with Crippen LogP contribution < -0.4 is 10.2 Å². The van der Waals surface area contributed by atoms with Crippen LogP contribution in [-0.2, 0) is 10.2 Å². The number of aryl methyl sites for hydroxylation is 1. The van der Waals surface area contributed by atoms with Crippen molar-refractivity contribution >= 4 is 57.8 Å². The molecule has 0 unspecified atom stereocenters. The molecule has 0 aromatic heterocycles. The van der Waals surface area contributed by atoms with Gasteiger partial charge in [0, 0.05) is 5.56 Å². The van der Waals surface area contributed by atoms with Gasteiger partial charge in [-0.05, 0) is 122 Å². The lowest BCUT2D eigenvalue weighted by atomic mass is 9.48. The maximum atomic E-state index is 13.3. The largest absolute Gasteiger partial charge is 0.496 e. The summed E-state index contributed by atoms with van der Waals surface area (Å²) in [5, 5.41) is 1.45. The summed E-state index contributed by atoms with van der Waals surface area (Å²) >= 11 is 12.9. The second-order valence-electron chi connectivity index (χ2n) is 11.1. The quantitative estimate of drug-likeness (QED) is 0.331. The first-order valence-corrected chi connectivity index (χ1v) is 14.4. The van der Waals surface area contributed by atoms with Gasteiger partial charge in [-0.2, -0.15) is 5.01 Å². The number of carbonyl (C=O) groups is 2. The van der Waals surface area contributed by atoms with E-state index in [9.17, 15) is 9.59 Å². The Hall–Kier alpha value is -2.35. The van der Waals surface area contributed by atoms with Gasteiger partial charge in [-0.3, -0.25) is 15.0 Å². The lowest BCUT2D eigenvalue weighted by Crippen LogP contribution is -2.48. The number of carbonyl (C=O) groups excluding carboxylic acids is 2. The molecule has 1 saturated heterocycles. The van der Waals surface area contributed by atoms with Crippen molar-refractivity contribution in [1.82, 2.24) is 10.4 Å². The molecule has 4 saturated carbocycles. The van der Waals surface area contributed by atoms with Gasteiger partial charge in [-0.1, -0.05) is 35.5 Å². The molecule has 0 atom stereocenters. The Morgan fingerprint density at radius 1 is 1.14 bits per heavy atom. The Bertz CT molecular complexity index is 1320. The topological polar surface area (TPSA) is 58.6 Å². The number of nitrogens with one attached hydrogen (secondary N) is 1. The van der Waals surface area contributed by atoms with E-state index in [0.717, 1.165) is 33.9 Å². The number of hydrogen-bond acceptors (Lipinski definition) is 5. The molecule has 37 heavy (non-hydrogen) atoms. The minimum Gasteiger partial charge on any atom is -0.496 e. The average molecular weight is 553 g/mol. The number of rotatable bonds is 5. The predicted octanol–water partition coefficient (Wildman–Crippen LogP) is 6.67. The molecule has 0 spiro atoms. The van der Waals surface area contributed by atoms with E-state index in [1.165, 1.54) is 55.9 Å². The van der Waals surface area contributed by atoms with Crippen molar-refractivity contribution in [3.63, 3.8) is 0 Å². The van der Waals surface area contributed by atoms with Crippen molar-refractivity contribution in [3.05, 3.63) is 68.6 Å². The first-order valence-electron chi connectivity index (χ1n) is 12.8. The summed E-state index contributed by atoms with van der Waals surface area (Å²) in [6, 6.07) is 11.6. The molecule has 1 N–H and O–H groups in total. The van der Waals surface area contributed by atoms with Crippen molar-refractivity contribution in [2.75, 3.05) is 7.11 Å². The highest BCUT2D eigenvalue weighted by molar-refractivity contribution is 8.26. The van der Waals surface area contributed by atoms with Crippen molar-refractivity contribution in [2.45, 2.75) is 50.9 Å². The number of ether oxygens (including phenoxy) is 1. The summed E-state index contributed by atoms with van der Waals surface area (Å²) in [6.07, 6.45) is 9.81. The fourth-order valence-corrected chi connectivity index (χ4v) is 8.80. The van der Waals surface area contributed by atoms with Crippen molar-refractivity contribution in [1.29, 1.82) is 0 Å². The fraction of sp³-hybridized carbons (Fsp3) is 0.414. The second kappa shape index (κ2) is 9.44. The molecule has 8 heteroatoms. The van der Waals surface area contributed by atoms with E-state index in [1.807, 2.05) is 19.1 Å². The van der Waals surface area contributed by atoms with E-state index in [4.69, 9.17) is 28.6 Å². The Morgan fingerprint density at radius 3 is 2.43 bits per heavy atom. The van der Waals surface area contributed by atoms with Crippen LogP contribution >= 0.6 is 35.6 Å². The minimum absolute atomic E-state index is 0.240. The molecule has 7 rings (SSSR count). The number of nitrogens with zero attached hydrogens (tertiary/aromatic N) is 1. The van der Waals surface area contributed by atoms with Crippen LogP contribution in [0.15, 0.2) is 41.3 Å². The number of thiocarbonyl (C=S) groups is 1. The number of benzene rings is 2. The van der Waals surface area contributed by atoms with Gasteiger partial charge in [0.1, 0.15) is 5.75 Å². The van der Waals surface area contributed by atoms with Crippen LogP contribution in [0.5, 0.6) is 5.75 Å². The number of methoxy groups -OCH3 is 1. The van der Waals surface area contributed by atoms with Gasteiger partial charge >= 0.3 is 0 Å². The van der Waals surface area contributed by atoms with Gasteiger partial charge < -0.3 is 4.74 Å². The third-order valence-electron chi connectivity index (χ3n) is 8.54. The molecule has 4 aliphatic carbocycles. The van der Waals surface area contributed by atoms with Gasteiger partial charge in [0.25, 0.3) is 11.8 Å². The molecule has 5 fully saturated rings. The molecular weight excluding hydrogens is 524 g/mol. The zero-order valence-electron chi connectivity index (χ0n) is 20.9. The van der Waals surface area contributed by atoms with Gasteiger partial charge in [0.15, 0.2) is 4.32 Å². The van der Waals surface area contributed by atoms with E-state index in [1.54, 1.807) is 25.3 Å². The highest BCUT2D eigenvalue weighted by Crippen LogP contribution is 2.61. The molecule has 5 aliphatic rings. The smallest absolute Gasteiger partial charge is 0.285 e. The van der Waals surface area contributed by atoms with Crippen LogP contribution in [0.4, 0.5) is 0 Å². The minimum atomic E-state index is -0.482. The third-order valence-corrected chi connectivity index (χ3v) is 10.2. The Labute approximate surface area is 231 Å². The zero-order chi connectivity index (χ0) is 25.9. The monoisotopic (exact) mass is 552 g/mol. The summed E-state index contributed by atoms with van der Waals surface area (Å²) in [4.78, 5) is 26.6. The van der Waals surface area contributed by atoms with Crippen LogP contribution in [0.25, 0.3) is 6.08 Å². The molecular formula is C29H29ClN2O3S2. The van der Waals surface area contributed by atoms with Crippen LogP contribution in [0.3, 0.4) is 0 Å². The maximum Gasteiger partial charge on any atom is 0.285 e. The number of halogens is 1. The molecule has 192 valence electrons. The van der Waals surface area contributed by atoms with E-state index in [-0.39, 0.29) is 21.2 Å². The average Bonchev–Trinajstić information content (AvgIpc) is 3.10. The molecule has 1 heterocycles. The van der Waals surface area contributed by atoms with E-state index in [2.05, 4.69) is 17.6 Å². The number of hydrogen-bond donors (Lipinski definition) is 1. The van der Waals surface area contributed by atoms with Gasteiger partial charge in [0.05, 0.1) is 22.6 Å². The van der Waals surface area contributed by atoms with Crippen LogP contribution in [0.1, 0.15) is 65.6 Å². The van der Waals surface area contributed by atoms with E-state index < -0.39 is 5.91 Å². The third kappa shape index (κ3) is 4.49. The van der Waals surface area contributed by atoms with Gasteiger partial charge in [-0.15, -0.1) is 0 Å². The molecule has 2 aromatic carbocycles. The summed E-state index contributed by atoms with van der Waals surface area (Å²) in [5.41, 5.74) is 6.32. The highest BCUT2D eigenvalue weighted by atomic mass is 35.5. The van der Waals surface area contributed by atoms with Crippen LogP contribution in [-0.4, -0.2) is 28.3 Å². The summed E-state index contributed by atoms with van der Waals surface area (Å²) in [6.45, 7) is 1.90. The Morgan fingerprint density at radius 2 is 1.81 bits per heavy atom. The molecule has 2 aromatic rings. The molecule has 2 amide bonds. The first kappa shape index (κ1) is 25.0. The summed E-state index contributed by atoms with van der Waals surface area (Å²) in [5.74, 6) is 2.41. The fourth-order valence-electron chi connectivity index (χ4n) is 7.31. The maximum absolute atomic E-state index is 13.3. The summed E-state index contributed by atoms with van der Waals surface area (Å²) < 4.78 is 5.94. The highest BCUT2D eigenvalue weighted by Gasteiger charge is 2.51. The Balaban J connectivity index is 1.27. The summed E-state index contributed by atoms with van der Waals surface area (Å²) in [7, 11) is 1.65. The van der Waals surface area contributed by atoms with Crippen LogP contribution in [0.2, 0.25) is 5.02 Å². The zero-order valence-corrected chi connectivity index (χ0v) is 23.3. The van der Waals surface area contributed by atoms with Crippen LogP contribution in [0, 0.1) is 24.7 Å². The normalized spacial score (nSPS) is 29.3. The lowest BCUT2D eigenvalue weighted by Gasteiger charge is -2.57. The second-order valence-corrected chi connectivity index (χ2v) is 13.2. The van der Waals surface area contributed by atoms with Gasteiger partial charge in [-0.25, -0.2) is 0 Å². The standard InChI is InChI=1S/C29H29ClN2O3S2/c1-16-3-5-22(23(30)7-16)26(33)31-32-27(34)25(37-28(32)36)12-20-11-21(4-6-24(20)35-2)29-13-17-8-18(14-29)10-19(9-17)15-29/h3-7,11-12,17-19H,8-10,13-15H2,1-2H3,(H,31,33)/b25-12+. The molecule has 1 aliphatic heterocycles. The number of hydrazine groups is 1. The molecule has 4 bridgehead atoms. The number of amides is 2. The van der Waals surface area contributed by atoms with Crippen molar-refractivity contribution < 1.29 is 14.3 Å². The lowest BCUT2D eigenvalue weighted by molar-refractivity contribution is -0.123. The number of thioether (sulfide) groups is 1. The van der Waals surface area contributed by atoms with Gasteiger partial charge in [0.2, 0.25) is 0 Å². The molecule has 0 radical (unpaired) electrons. The predicted molar refractivity (Wildman–Crippen MR) is 152 cm³/mol. The van der Waals surface area contributed by atoms with E-state index in [0.29, 0.717) is 15.7 Å². The first-order chi connectivity index (χ1) is 17.7. The van der Waals surface area contributed by atoms with E-state index >= 15 is 0 Å². The SMILES string of the molecule is COc1ccc(C23CC4CC(CC(C4)C2)C3)cc1/C=C1/SC(=S)N(NC(=O)c2ccc(C)cc2Cl)C1=O.